The highest BCUT2D eigenvalue weighted by Crippen LogP contribution is 2.47. The molecule has 0 saturated carbocycles. The first-order valence-corrected chi connectivity index (χ1v) is 7.60. The second-order valence-corrected chi connectivity index (χ2v) is 5.63. The maximum atomic E-state index is 13.2. The molecular weight excluding hydrogens is 331 g/mol. The van der Waals surface area contributed by atoms with Gasteiger partial charge in [0, 0.05) is 12.6 Å². The molecule has 3 aromatic rings. The summed E-state index contributed by atoms with van der Waals surface area (Å²) in [6, 6.07) is 12.8. The summed E-state index contributed by atoms with van der Waals surface area (Å²) in [5.74, 6) is 0.204. The molecule has 3 rings (SSSR count). The average Bonchev–Trinajstić information content (AvgIpc) is 2.92. The van der Waals surface area contributed by atoms with E-state index in [1.54, 1.807) is 31.3 Å². The number of anilines is 1. The Kier molecular flexibility index (Phi) is 4.20. The van der Waals surface area contributed by atoms with Crippen molar-refractivity contribution in [1.29, 1.82) is 0 Å². The fourth-order valence-electron chi connectivity index (χ4n) is 2.73. The summed E-state index contributed by atoms with van der Waals surface area (Å²) in [6.07, 6.45) is -4.47. The number of aromatic hydroxyl groups is 1. The van der Waals surface area contributed by atoms with E-state index < -0.39 is 11.7 Å². The van der Waals surface area contributed by atoms with Gasteiger partial charge >= 0.3 is 6.18 Å². The molecule has 130 valence electrons. The Morgan fingerprint density at radius 2 is 1.68 bits per heavy atom. The molecule has 0 atom stereocenters. The maximum absolute atomic E-state index is 13.2. The fourth-order valence-corrected chi connectivity index (χ4v) is 2.73. The lowest BCUT2D eigenvalue weighted by molar-refractivity contribution is -0.138. The topological polar surface area (TPSA) is 45.4 Å². The molecule has 25 heavy (non-hydrogen) atoms. The third kappa shape index (κ3) is 3.07. The summed E-state index contributed by atoms with van der Waals surface area (Å²) in [5.41, 5.74) is 0.436. The summed E-state index contributed by atoms with van der Waals surface area (Å²) < 4.78 is 45.2. The lowest BCUT2D eigenvalue weighted by Gasteiger charge is -2.12. The van der Waals surface area contributed by atoms with Gasteiger partial charge in [0.15, 0.2) is 11.5 Å². The number of nitrogens with one attached hydrogen (secondary N) is 1. The molecule has 0 aliphatic carbocycles. The van der Waals surface area contributed by atoms with Crippen LogP contribution in [0.5, 0.6) is 5.75 Å². The Labute approximate surface area is 142 Å². The van der Waals surface area contributed by atoms with Crippen molar-refractivity contribution in [2.75, 3.05) is 12.4 Å². The van der Waals surface area contributed by atoms with Gasteiger partial charge in [-0.3, -0.25) is 0 Å². The van der Waals surface area contributed by atoms with E-state index in [0.29, 0.717) is 5.56 Å². The van der Waals surface area contributed by atoms with Crippen molar-refractivity contribution < 1.29 is 22.7 Å². The molecule has 0 saturated heterocycles. The van der Waals surface area contributed by atoms with E-state index in [4.69, 9.17) is 4.42 Å². The summed E-state index contributed by atoms with van der Waals surface area (Å²) in [4.78, 5) is 0. The van der Waals surface area contributed by atoms with Crippen molar-refractivity contribution >= 4 is 5.88 Å². The molecule has 1 aromatic heterocycles. The van der Waals surface area contributed by atoms with Crippen LogP contribution in [-0.2, 0) is 6.18 Å². The molecule has 0 amide bonds. The molecule has 2 N–H and O–H groups in total. The van der Waals surface area contributed by atoms with Gasteiger partial charge in [-0.25, -0.2) is 0 Å². The number of aryl methyl sites for hydroxylation is 1. The standard InChI is InChI=1S/C19H16F3NO2/c1-11-8-9-13(10-14(11)19(20,21)22)15-16(24)17(25-18(15)23-2)12-6-4-3-5-7-12/h3-10,23-24H,1-2H3. The predicted octanol–water partition coefficient (Wildman–Crippen LogP) is 5.69. The summed E-state index contributed by atoms with van der Waals surface area (Å²) in [6.45, 7) is 1.40. The largest absolute Gasteiger partial charge is 0.504 e. The van der Waals surface area contributed by atoms with Crippen LogP contribution in [0.15, 0.2) is 52.9 Å². The highest BCUT2D eigenvalue weighted by atomic mass is 19.4. The first-order chi connectivity index (χ1) is 11.8. The first kappa shape index (κ1) is 17.0. The number of hydrogen-bond donors (Lipinski definition) is 2. The van der Waals surface area contributed by atoms with Crippen molar-refractivity contribution in [2.45, 2.75) is 13.1 Å². The Morgan fingerprint density at radius 3 is 2.28 bits per heavy atom. The molecule has 3 nitrogen and oxygen atoms in total. The van der Waals surface area contributed by atoms with Gasteiger partial charge in [-0.05, 0) is 24.1 Å². The SMILES string of the molecule is CNc1oc(-c2ccccc2)c(O)c1-c1ccc(C)c(C(F)(F)F)c1. The summed E-state index contributed by atoms with van der Waals surface area (Å²) in [7, 11) is 1.58. The van der Waals surface area contributed by atoms with Gasteiger partial charge in [0.1, 0.15) is 0 Å². The Morgan fingerprint density at radius 1 is 1.00 bits per heavy atom. The number of benzene rings is 2. The number of furan rings is 1. The van der Waals surface area contributed by atoms with Gasteiger partial charge in [0.05, 0.1) is 11.1 Å². The average molecular weight is 347 g/mol. The Hall–Kier alpha value is -2.89. The molecule has 0 unspecified atom stereocenters. The van der Waals surface area contributed by atoms with Gasteiger partial charge < -0.3 is 14.8 Å². The molecule has 6 heteroatoms. The smallest absolute Gasteiger partial charge is 0.416 e. The molecule has 0 bridgehead atoms. The normalized spacial score (nSPS) is 11.6. The number of hydrogen-bond acceptors (Lipinski definition) is 3. The number of halogens is 3. The van der Waals surface area contributed by atoms with Crippen molar-refractivity contribution in [3.63, 3.8) is 0 Å². The van der Waals surface area contributed by atoms with Gasteiger partial charge in [-0.2, -0.15) is 13.2 Å². The molecule has 0 aliphatic heterocycles. The molecule has 2 aromatic carbocycles. The zero-order valence-electron chi connectivity index (χ0n) is 13.6. The number of rotatable bonds is 3. The van der Waals surface area contributed by atoms with Crippen LogP contribution >= 0.6 is 0 Å². The lowest BCUT2D eigenvalue weighted by Crippen LogP contribution is -2.07. The van der Waals surface area contributed by atoms with Gasteiger partial charge in [0.2, 0.25) is 5.88 Å². The van der Waals surface area contributed by atoms with Crippen LogP contribution in [0.2, 0.25) is 0 Å². The third-order valence-corrected chi connectivity index (χ3v) is 3.98. The van der Waals surface area contributed by atoms with Crippen LogP contribution < -0.4 is 5.32 Å². The minimum absolute atomic E-state index is 0.119. The minimum Gasteiger partial charge on any atom is -0.504 e. The van der Waals surface area contributed by atoms with Crippen LogP contribution in [0, 0.1) is 6.92 Å². The van der Waals surface area contributed by atoms with Crippen molar-refractivity contribution in [2.24, 2.45) is 0 Å². The van der Waals surface area contributed by atoms with Crippen LogP contribution in [0.3, 0.4) is 0 Å². The van der Waals surface area contributed by atoms with E-state index in [-0.39, 0.29) is 34.1 Å². The molecule has 0 fully saturated rings. The summed E-state index contributed by atoms with van der Waals surface area (Å²) >= 11 is 0. The quantitative estimate of drug-likeness (QED) is 0.640. The van der Waals surface area contributed by atoms with Crippen molar-refractivity contribution in [3.8, 4) is 28.2 Å². The zero-order chi connectivity index (χ0) is 18.2. The molecular formula is C19H16F3NO2. The van der Waals surface area contributed by atoms with Crippen LogP contribution in [0.4, 0.5) is 19.1 Å². The van der Waals surface area contributed by atoms with Gasteiger partial charge in [0.25, 0.3) is 0 Å². The van der Waals surface area contributed by atoms with Crippen molar-refractivity contribution in [1.82, 2.24) is 0 Å². The molecule has 0 aliphatic rings. The lowest BCUT2D eigenvalue weighted by atomic mass is 9.99. The monoisotopic (exact) mass is 347 g/mol. The van der Waals surface area contributed by atoms with Crippen LogP contribution in [0.25, 0.3) is 22.5 Å². The highest BCUT2D eigenvalue weighted by Gasteiger charge is 2.33. The van der Waals surface area contributed by atoms with E-state index in [1.165, 1.54) is 19.1 Å². The molecule has 1 heterocycles. The van der Waals surface area contributed by atoms with Gasteiger partial charge in [-0.1, -0.05) is 42.5 Å². The highest BCUT2D eigenvalue weighted by molar-refractivity contribution is 5.87. The fraction of sp³-hybridized carbons (Fsp3) is 0.158. The van der Waals surface area contributed by atoms with Crippen molar-refractivity contribution in [3.05, 3.63) is 59.7 Å². The molecule has 0 spiro atoms. The first-order valence-electron chi connectivity index (χ1n) is 7.60. The van der Waals surface area contributed by atoms with E-state index in [9.17, 15) is 18.3 Å². The minimum atomic E-state index is -4.47. The van der Waals surface area contributed by atoms with Crippen LogP contribution in [0.1, 0.15) is 11.1 Å². The van der Waals surface area contributed by atoms with E-state index in [2.05, 4.69) is 5.32 Å². The van der Waals surface area contributed by atoms with E-state index in [1.807, 2.05) is 6.07 Å². The van der Waals surface area contributed by atoms with E-state index >= 15 is 0 Å². The Bertz CT molecular complexity index is 899. The number of alkyl halides is 3. The second kappa shape index (κ2) is 6.20. The van der Waals surface area contributed by atoms with Gasteiger partial charge in [-0.15, -0.1) is 0 Å². The maximum Gasteiger partial charge on any atom is 0.416 e. The second-order valence-electron chi connectivity index (χ2n) is 5.63. The molecule has 0 radical (unpaired) electrons. The predicted molar refractivity (Wildman–Crippen MR) is 90.5 cm³/mol. The third-order valence-electron chi connectivity index (χ3n) is 3.98. The summed E-state index contributed by atoms with van der Waals surface area (Å²) in [5, 5.41) is 13.4. The Balaban J connectivity index is 2.20. The van der Waals surface area contributed by atoms with E-state index in [0.717, 1.165) is 6.07 Å². The van der Waals surface area contributed by atoms with Crippen LogP contribution in [-0.4, -0.2) is 12.2 Å². The zero-order valence-corrected chi connectivity index (χ0v) is 13.6.